The van der Waals surface area contributed by atoms with Crippen molar-refractivity contribution in [3.63, 3.8) is 0 Å². The molecule has 0 aliphatic rings. The summed E-state index contributed by atoms with van der Waals surface area (Å²) >= 11 is 1.85. The summed E-state index contributed by atoms with van der Waals surface area (Å²) < 4.78 is 6.09. The van der Waals surface area contributed by atoms with Crippen LogP contribution in [0.2, 0.25) is 0 Å². The largest absolute Gasteiger partial charge is 0.481 e. The number of hydrogen-bond donors (Lipinski definition) is 1. The fourth-order valence-corrected chi connectivity index (χ4v) is 2.98. The van der Waals surface area contributed by atoms with Gasteiger partial charge in [0.2, 0.25) is 0 Å². The monoisotopic (exact) mass is 351 g/mol. The second-order valence-corrected chi connectivity index (χ2v) is 9.96. The number of ether oxygens (including phenoxy) is 1. The van der Waals surface area contributed by atoms with Crippen molar-refractivity contribution in [3.8, 4) is 5.75 Å². The van der Waals surface area contributed by atoms with Crippen molar-refractivity contribution < 1.29 is 9.53 Å². The fourth-order valence-electron chi connectivity index (χ4n) is 2.17. The zero-order chi connectivity index (χ0) is 18.4. The van der Waals surface area contributed by atoms with Gasteiger partial charge in [0.25, 0.3) is 5.91 Å². The predicted octanol–water partition coefficient (Wildman–Crippen LogP) is 4.79. The van der Waals surface area contributed by atoms with Gasteiger partial charge in [0, 0.05) is 17.0 Å². The van der Waals surface area contributed by atoms with E-state index in [1.165, 1.54) is 5.56 Å². The molecule has 0 heterocycles. The van der Waals surface area contributed by atoms with Gasteiger partial charge in [-0.2, -0.15) is 11.8 Å². The molecule has 1 amide bonds. The smallest absolute Gasteiger partial charge is 0.261 e. The molecular weight excluding hydrogens is 318 g/mol. The van der Waals surface area contributed by atoms with Gasteiger partial charge < -0.3 is 10.1 Å². The van der Waals surface area contributed by atoms with Crippen LogP contribution in [0.4, 0.5) is 0 Å². The number of benzene rings is 1. The second kappa shape index (κ2) is 8.80. The molecule has 24 heavy (non-hydrogen) atoms. The van der Waals surface area contributed by atoms with E-state index >= 15 is 0 Å². The van der Waals surface area contributed by atoms with Gasteiger partial charge in [-0.05, 0) is 29.5 Å². The Labute approximate surface area is 151 Å². The number of carbonyl (C=O) groups is 1. The lowest BCUT2D eigenvalue weighted by atomic mass is 9.87. The minimum absolute atomic E-state index is 0.0353. The van der Waals surface area contributed by atoms with Crippen LogP contribution in [0, 0.1) is 0 Å². The van der Waals surface area contributed by atoms with E-state index in [1.807, 2.05) is 30.8 Å². The van der Waals surface area contributed by atoms with Crippen LogP contribution < -0.4 is 10.1 Å². The van der Waals surface area contributed by atoms with Gasteiger partial charge in [0.05, 0.1) is 0 Å². The molecule has 0 aliphatic carbocycles. The van der Waals surface area contributed by atoms with Crippen molar-refractivity contribution >= 4 is 17.7 Å². The standard InChI is InChI=1S/C20H33NO2S/c1-8-17(18(22)21-13-14-24-20(5,6)7)23-16-11-9-15(10-12-16)19(2,3)4/h9-12,17H,8,13-14H2,1-7H3,(H,21,22)/t17-/m0/s1. The van der Waals surface area contributed by atoms with E-state index in [0.29, 0.717) is 13.0 Å². The maximum atomic E-state index is 12.3. The first kappa shape index (κ1) is 20.9. The average molecular weight is 352 g/mol. The molecule has 1 atom stereocenters. The van der Waals surface area contributed by atoms with Crippen LogP contribution >= 0.6 is 11.8 Å². The molecule has 0 bridgehead atoms. The number of thioether (sulfide) groups is 1. The summed E-state index contributed by atoms with van der Waals surface area (Å²) in [6.45, 7) is 15.7. The van der Waals surface area contributed by atoms with Gasteiger partial charge in [-0.15, -0.1) is 0 Å². The van der Waals surface area contributed by atoms with E-state index in [4.69, 9.17) is 4.74 Å². The highest BCUT2D eigenvalue weighted by Crippen LogP contribution is 2.25. The van der Waals surface area contributed by atoms with Crippen molar-refractivity contribution in [1.29, 1.82) is 0 Å². The SMILES string of the molecule is CC[C@H](Oc1ccc(C(C)(C)C)cc1)C(=O)NCCSC(C)(C)C. The van der Waals surface area contributed by atoms with Crippen LogP contribution in [0.5, 0.6) is 5.75 Å². The quantitative estimate of drug-likeness (QED) is 0.718. The van der Waals surface area contributed by atoms with E-state index in [-0.39, 0.29) is 16.1 Å². The van der Waals surface area contributed by atoms with Crippen molar-refractivity contribution in [1.82, 2.24) is 5.32 Å². The van der Waals surface area contributed by atoms with Crippen molar-refractivity contribution in [2.24, 2.45) is 0 Å². The molecule has 1 N–H and O–H groups in total. The minimum Gasteiger partial charge on any atom is -0.481 e. The third-order valence-corrected chi connectivity index (χ3v) is 4.87. The maximum Gasteiger partial charge on any atom is 0.261 e. The molecule has 0 saturated carbocycles. The first-order chi connectivity index (χ1) is 11.0. The molecule has 0 saturated heterocycles. The number of hydrogen-bond acceptors (Lipinski definition) is 3. The first-order valence-electron chi connectivity index (χ1n) is 8.72. The van der Waals surface area contributed by atoms with Gasteiger partial charge in [0.15, 0.2) is 6.10 Å². The summed E-state index contributed by atoms with van der Waals surface area (Å²) in [4.78, 5) is 12.3. The number of amides is 1. The van der Waals surface area contributed by atoms with Crippen LogP contribution in [-0.2, 0) is 10.2 Å². The van der Waals surface area contributed by atoms with E-state index in [1.54, 1.807) is 0 Å². The van der Waals surface area contributed by atoms with Crippen molar-refractivity contribution in [2.45, 2.75) is 71.2 Å². The van der Waals surface area contributed by atoms with Crippen LogP contribution in [0.25, 0.3) is 0 Å². The van der Waals surface area contributed by atoms with Crippen molar-refractivity contribution in [2.75, 3.05) is 12.3 Å². The molecule has 3 nitrogen and oxygen atoms in total. The highest BCUT2D eigenvalue weighted by atomic mass is 32.2. The summed E-state index contributed by atoms with van der Waals surface area (Å²) in [6.07, 6.45) is 0.212. The van der Waals surface area contributed by atoms with Gasteiger partial charge in [-0.3, -0.25) is 4.79 Å². The molecule has 0 radical (unpaired) electrons. The van der Waals surface area contributed by atoms with Crippen LogP contribution in [0.3, 0.4) is 0 Å². The molecule has 0 aliphatic heterocycles. The first-order valence-corrected chi connectivity index (χ1v) is 9.70. The average Bonchev–Trinajstić information content (AvgIpc) is 2.47. The summed E-state index contributed by atoms with van der Waals surface area (Å²) in [7, 11) is 0. The topological polar surface area (TPSA) is 38.3 Å². The molecule has 1 aromatic rings. The number of nitrogens with one attached hydrogen (secondary N) is 1. The Morgan fingerprint density at radius 2 is 1.71 bits per heavy atom. The molecule has 1 aromatic carbocycles. The highest BCUT2D eigenvalue weighted by Gasteiger charge is 2.19. The van der Waals surface area contributed by atoms with Crippen LogP contribution in [-0.4, -0.2) is 29.1 Å². The van der Waals surface area contributed by atoms with Gasteiger partial charge in [0.1, 0.15) is 5.75 Å². The van der Waals surface area contributed by atoms with Gasteiger partial charge in [-0.25, -0.2) is 0 Å². The molecule has 0 fully saturated rings. The van der Waals surface area contributed by atoms with E-state index in [2.05, 4.69) is 59.0 Å². The Morgan fingerprint density at radius 1 is 1.12 bits per heavy atom. The second-order valence-electron chi connectivity index (χ2n) is 8.04. The molecular formula is C20H33NO2S. The number of carbonyl (C=O) groups excluding carboxylic acids is 1. The summed E-state index contributed by atoms with van der Waals surface area (Å²) in [5.41, 5.74) is 1.37. The van der Waals surface area contributed by atoms with Crippen molar-refractivity contribution in [3.05, 3.63) is 29.8 Å². The maximum absolute atomic E-state index is 12.3. The van der Waals surface area contributed by atoms with E-state index < -0.39 is 6.10 Å². The molecule has 4 heteroatoms. The molecule has 136 valence electrons. The molecule has 0 aromatic heterocycles. The Hall–Kier alpha value is -1.16. The van der Waals surface area contributed by atoms with E-state index in [9.17, 15) is 4.79 Å². The highest BCUT2D eigenvalue weighted by molar-refractivity contribution is 8.00. The van der Waals surface area contributed by atoms with Crippen LogP contribution in [0.15, 0.2) is 24.3 Å². The summed E-state index contributed by atoms with van der Waals surface area (Å²) in [5.74, 6) is 1.62. The minimum atomic E-state index is -0.440. The van der Waals surface area contributed by atoms with Gasteiger partial charge in [-0.1, -0.05) is 60.6 Å². The molecule has 1 rings (SSSR count). The zero-order valence-corrected chi connectivity index (χ0v) is 17.0. The predicted molar refractivity (Wildman–Crippen MR) is 105 cm³/mol. The Morgan fingerprint density at radius 3 is 2.17 bits per heavy atom. The Bertz CT molecular complexity index is 512. The van der Waals surface area contributed by atoms with Crippen LogP contribution in [0.1, 0.15) is 60.5 Å². The molecule has 0 spiro atoms. The summed E-state index contributed by atoms with van der Waals surface area (Å²) in [5, 5.41) is 2.98. The third-order valence-electron chi connectivity index (χ3n) is 3.60. The Kier molecular flexibility index (Phi) is 7.65. The third kappa shape index (κ3) is 7.61. The fraction of sp³-hybridized carbons (Fsp3) is 0.650. The van der Waals surface area contributed by atoms with E-state index in [0.717, 1.165) is 11.5 Å². The number of rotatable bonds is 7. The lowest BCUT2D eigenvalue weighted by molar-refractivity contribution is -0.127. The Balaban J connectivity index is 2.53. The lowest BCUT2D eigenvalue weighted by Crippen LogP contribution is -2.39. The van der Waals surface area contributed by atoms with Gasteiger partial charge >= 0.3 is 0 Å². The molecule has 0 unspecified atom stereocenters. The summed E-state index contributed by atoms with van der Waals surface area (Å²) in [6, 6.07) is 8.04. The zero-order valence-electron chi connectivity index (χ0n) is 16.2. The lowest BCUT2D eigenvalue weighted by Gasteiger charge is -2.21. The normalized spacial score (nSPS) is 13.5.